The normalized spacial score (nSPS) is 12.5. The zero-order chi connectivity index (χ0) is 14.2. The summed E-state index contributed by atoms with van der Waals surface area (Å²) in [4.78, 5) is 1.46. The topological polar surface area (TPSA) is 38.0 Å². The molecule has 0 aliphatic carbocycles. The van der Waals surface area contributed by atoms with Crippen LogP contribution in [0.25, 0.3) is 0 Å². The van der Waals surface area contributed by atoms with E-state index in [-0.39, 0.29) is 6.04 Å². The number of hydrogen-bond acceptors (Lipinski definition) is 3. The van der Waals surface area contributed by atoms with Crippen LogP contribution >= 0.6 is 11.3 Å². The minimum atomic E-state index is 0.255. The van der Waals surface area contributed by atoms with Gasteiger partial charge in [0.2, 0.25) is 0 Å². The predicted octanol–water partition coefficient (Wildman–Crippen LogP) is 4.23. The van der Waals surface area contributed by atoms with Crippen molar-refractivity contribution < 1.29 is 0 Å². The first kappa shape index (κ1) is 15.2. The number of benzene rings is 1. The number of rotatable bonds is 8. The van der Waals surface area contributed by atoms with Crippen molar-refractivity contribution in [3.05, 3.63) is 57.8 Å². The van der Waals surface area contributed by atoms with E-state index in [1.165, 1.54) is 22.4 Å². The van der Waals surface area contributed by atoms with Crippen molar-refractivity contribution >= 4 is 11.3 Å². The quantitative estimate of drug-likeness (QED) is 0.563. The molecule has 2 nitrogen and oxygen atoms in total. The van der Waals surface area contributed by atoms with Crippen LogP contribution in [0.15, 0.2) is 41.8 Å². The van der Waals surface area contributed by atoms with Gasteiger partial charge in [-0.15, -0.1) is 11.3 Å². The van der Waals surface area contributed by atoms with E-state index in [4.69, 9.17) is 5.84 Å². The summed E-state index contributed by atoms with van der Waals surface area (Å²) >= 11 is 1.83. The minimum absolute atomic E-state index is 0.255. The third-order valence-corrected chi connectivity index (χ3v) is 4.55. The monoisotopic (exact) mass is 288 g/mol. The average molecular weight is 288 g/mol. The maximum Gasteiger partial charge on any atom is 0.0460 e. The third kappa shape index (κ3) is 4.44. The van der Waals surface area contributed by atoms with Crippen LogP contribution in [0.4, 0.5) is 0 Å². The first-order valence-corrected chi connectivity index (χ1v) is 8.28. The van der Waals surface area contributed by atoms with Crippen LogP contribution < -0.4 is 11.3 Å². The summed E-state index contributed by atoms with van der Waals surface area (Å²) in [5.74, 6) is 5.71. The first-order valence-electron chi connectivity index (χ1n) is 7.41. The summed E-state index contributed by atoms with van der Waals surface area (Å²) in [5, 5.41) is 2.14. The molecule has 108 valence electrons. The highest BCUT2D eigenvalue weighted by molar-refractivity contribution is 7.09. The summed E-state index contributed by atoms with van der Waals surface area (Å²) in [6.45, 7) is 2.21. The van der Waals surface area contributed by atoms with E-state index < -0.39 is 0 Å². The second-order valence-electron chi connectivity index (χ2n) is 5.18. The van der Waals surface area contributed by atoms with Crippen molar-refractivity contribution in [2.45, 2.75) is 45.1 Å². The number of nitrogens with two attached hydrogens (primary N) is 1. The Hall–Kier alpha value is -1.16. The molecule has 0 saturated heterocycles. The molecular formula is C17H24N2S. The molecule has 0 saturated carbocycles. The molecule has 1 heterocycles. The molecule has 0 bridgehead atoms. The Morgan fingerprint density at radius 2 is 1.95 bits per heavy atom. The van der Waals surface area contributed by atoms with Crippen molar-refractivity contribution in [3.63, 3.8) is 0 Å². The van der Waals surface area contributed by atoms with Crippen molar-refractivity contribution in [1.82, 2.24) is 5.43 Å². The van der Waals surface area contributed by atoms with Gasteiger partial charge < -0.3 is 0 Å². The van der Waals surface area contributed by atoms with E-state index in [9.17, 15) is 0 Å². The highest BCUT2D eigenvalue weighted by Gasteiger charge is 2.09. The van der Waals surface area contributed by atoms with Crippen LogP contribution in [0, 0.1) is 0 Å². The Balaban J connectivity index is 1.87. The van der Waals surface area contributed by atoms with Crippen LogP contribution in [-0.4, -0.2) is 0 Å². The molecule has 3 N–H and O–H groups in total. The van der Waals surface area contributed by atoms with Crippen molar-refractivity contribution in [1.29, 1.82) is 0 Å². The van der Waals surface area contributed by atoms with Gasteiger partial charge in [0.15, 0.2) is 0 Å². The fourth-order valence-electron chi connectivity index (χ4n) is 2.49. The number of nitrogens with one attached hydrogen (secondary N) is 1. The van der Waals surface area contributed by atoms with Crippen LogP contribution in [0.5, 0.6) is 0 Å². The maximum atomic E-state index is 5.71. The second kappa shape index (κ2) is 8.20. The molecule has 0 aliphatic heterocycles. The van der Waals surface area contributed by atoms with E-state index in [0.717, 1.165) is 25.7 Å². The van der Waals surface area contributed by atoms with Gasteiger partial charge in [0, 0.05) is 10.9 Å². The Bertz CT molecular complexity index is 476. The fraction of sp³-hybridized carbons (Fsp3) is 0.412. The molecule has 1 aromatic heterocycles. The van der Waals surface area contributed by atoms with E-state index >= 15 is 0 Å². The van der Waals surface area contributed by atoms with Gasteiger partial charge in [-0.25, -0.2) is 0 Å². The van der Waals surface area contributed by atoms with Crippen LogP contribution in [0.2, 0.25) is 0 Å². The van der Waals surface area contributed by atoms with Crippen LogP contribution in [0.1, 0.15) is 48.2 Å². The molecule has 0 fully saturated rings. The molecule has 1 atom stereocenters. The SMILES string of the molecule is CCCc1ccc(C(CCCc2cccs2)NN)cc1. The Morgan fingerprint density at radius 1 is 1.15 bits per heavy atom. The molecule has 20 heavy (non-hydrogen) atoms. The van der Waals surface area contributed by atoms with Gasteiger partial charge in [0.1, 0.15) is 0 Å². The molecule has 0 amide bonds. The molecular weight excluding hydrogens is 264 g/mol. The van der Waals surface area contributed by atoms with Gasteiger partial charge in [-0.1, -0.05) is 43.7 Å². The zero-order valence-electron chi connectivity index (χ0n) is 12.1. The van der Waals surface area contributed by atoms with Gasteiger partial charge in [-0.3, -0.25) is 11.3 Å². The second-order valence-corrected chi connectivity index (χ2v) is 6.21. The van der Waals surface area contributed by atoms with E-state index in [1.54, 1.807) is 0 Å². The average Bonchev–Trinajstić information content (AvgIpc) is 2.98. The molecule has 3 heteroatoms. The van der Waals surface area contributed by atoms with E-state index in [1.807, 2.05) is 11.3 Å². The third-order valence-electron chi connectivity index (χ3n) is 3.62. The standard InChI is InChI=1S/C17H24N2S/c1-2-5-14-9-11-15(12-10-14)17(19-18)8-3-6-16-7-4-13-20-16/h4,7,9-13,17,19H,2-3,5-6,8,18H2,1H3. The fourth-order valence-corrected chi connectivity index (χ4v) is 3.24. The number of hydrazine groups is 1. The lowest BCUT2D eigenvalue weighted by Gasteiger charge is -2.16. The summed E-state index contributed by atoms with van der Waals surface area (Å²) in [7, 11) is 0. The first-order chi connectivity index (χ1) is 9.83. The molecule has 1 unspecified atom stereocenters. The van der Waals surface area contributed by atoms with Crippen LogP contribution in [-0.2, 0) is 12.8 Å². The van der Waals surface area contributed by atoms with Gasteiger partial charge in [0.05, 0.1) is 0 Å². The predicted molar refractivity (Wildman–Crippen MR) is 87.8 cm³/mol. The Kier molecular flexibility index (Phi) is 6.25. The van der Waals surface area contributed by atoms with Crippen LogP contribution in [0.3, 0.4) is 0 Å². The summed E-state index contributed by atoms with van der Waals surface area (Å²) in [6, 6.07) is 13.4. The number of hydrogen-bond donors (Lipinski definition) is 2. The molecule has 0 radical (unpaired) electrons. The highest BCUT2D eigenvalue weighted by atomic mass is 32.1. The van der Waals surface area contributed by atoms with Crippen molar-refractivity contribution in [2.75, 3.05) is 0 Å². The smallest absolute Gasteiger partial charge is 0.0460 e. The molecule has 0 aliphatic rings. The lowest BCUT2D eigenvalue weighted by atomic mass is 9.99. The summed E-state index contributed by atoms with van der Waals surface area (Å²) in [5.41, 5.74) is 5.65. The highest BCUT2D eigenvalue weighted by Crippen LogP contribution is 2.21. The van der Waals surface area contributed by atoms with Gasteiger partial charge in [-0.05, 0) is 48.3 Å². The zero-order valence-corrected chi connectivity index (χ0v) is 13.0. The van der Waals surface area contributed by atoms with E-state index in [0.29, 0.717) is 0 Å². The number of aryl methyl sites for hydroxylation is 2. The van der Waals surface area contributed by atoms with Crippen molar-refractivity contribution in [2.24, 2.45) is 5.84 Å². The number of thiophene rings is 1. The lowest BCUT2D eigenvalue weighted by molar-refractivity contribution is 0.499. The van der Waals surface area contributed by atoms with Gasteiger partial charge >= 0.3 is 0 Å². The maximum absolute atomic E-state index is 5.71. The largest absolute Gasteiger partial charge is 0.271 e. The lowest BCUT2D eigenvalue weighted by Crippen LogP contribution is -2.28. The molecule has 2 aromatic rings. The van der Waals surface area contributed by atoms with Gasteiger partial charge in [0.25, 0.3) is 0 Å². The van der Waals surface area contributed by atoms with E-state index in [2.05, 4.69) is 54.1 Å². The Morgan fingerprint density at radius 3 is 2.55 bits per heavy atom. The Labute approximate surface area is 126 Å². The van der Waals surface area contributed by atoms with Gasteiger partial charge in [-0.2, -0.15) is 0 Å². The summed E-state index contributed by atoms with van der Waals surface area (Å²) < 4.78 is 0. The van der Waals surface area contributed by atoms with Crippen molar-refractivity contribution in [3.8, 4) is 0 Å². The molecule has 2 rings (SSSR count). The molecule has 1 aromatic carbocycles. The molecule has 0 spiro atoms. The minimum Gasteiger partial charge on any atom is -0.271 e. The summed E-state index contributed by atoms with van der Waals surface area (Å²) in [6.07, 6.45) is 5.72.